The van der Waals surface area contributed by atoms with Crippen molar-refractivity contribution in [2.24, 2.45) is 0 Å². The van der Waals surface area contributed by atoms with Crippen LogP contribution in [-0.4, -0.2) is 35.0 Å². The monoisotopic (exact) mass is 445 g/mol. The van der Waals surface area contributed by atoms with E-state index in [0.29, 0.717) is 29.6 Å². The summed E-state index contributed by atoms with van der Waals surface area (Å²) in [6.07, 6.45) is 11.3. The van der Waals surface area contributed by atoms with Gasteiger partial charge in [0.15, 0.2) is 0 Å². The van der Waals surface area contributed by atoms with Crippen LogP contribution in [0.4, 0.5) is 0 Å². The van der Waals surface area contributed by atoms with E-state index < -0.39 is 0 Å². The second-order valence-corrected chi connectivity index (χ2v) is 8.64. The largest absolute Gasteiger partial charge is 0.356 e. The van der Waals surface area contributed by atoms with Crippen molar-refractivity contribution in [3.8, 4) is 0 Å². The van der Waals surface area contributed by atoms with Crippen molar-refractivity contribution in [1.29, 1.82) is 0 Å². The third-order valence-corrected chi connectivity index (χ3v) is 6.05. The third-order valence-electron chi connectivity index (χ3n) is 5.82. The minimum Gasteiger partial charge on any atom is -0.356 e. The van der Waals surface area contributed by atoms with E-state index in [1.807, 2.05) is 28.9 Å². The Labute approximate surface area is 188 Å². The van der Waals surface area contributed by atoms with Crippen LogP contribution in [0, 0.1) is 0 Å². The van der Waals surface area contributed by atoms with E-state index in [1.54, 1.807) is 29.5 Å². The standard InChI is InChI=1S/C23H20ClN7O/c24-17-3-4-30-13-27-21(22(30)6-17)10-26-23(32)16-9-28-31(11-16)12-18-7-19-20(29-18)5-15(8-25-19)14-1-2-14/h3-9,11,13-14,29H,1-2,10,12H2,(H,26,32). The molecule has 1 saturated carbocycles. The lowest BCUT2D eigenvalue weighted by Crippen LogP contribution is -2.22. The molecule has 1 amide bonds. The molecule has 5 aromatic heterocycles. The summed E-state index contributed by atoms with van der Waals surface area (Å²) in [6.45, 7) is 0.838. The number of carbonyl (C=O) groups excluding carboxylic acids is 1. The van der Waals surface area contributed by atoms with Gasteiger partial charge in [0.1, 0.15) is 0 Å². The Kier molecular flexibility index (Phi) is 4.46. The second-order valence-electron chi connectivity index (χ2n) is 8.21. The fourth-order valence-corrected chi connectivity index (χ4v) is 4.13. The molecule has 0 spiro atoms. The van der Waals surface area contributed by atoms with Crippen LogP contribution in [0.15, 0.2) is 55.4 Å². The predicted molar refractivity (Wildman–Crippen MR) is 121 cm³/mol. The molecule has 1 aliphatic carbocycles. The Bertz CT molecular complexity index is 1460. The van der Waals surface area contributed by atoms with Crippen LogP contribution in [0.2, 0.25) is 5.02 Å². The van der Waals surface area contributed by atoms with Gasteiger partial charge in [-0.2, -0.15) is 5.10 Å². The average molecular weight is 446 g/mol. The number of aromatic nitrogens is 6. The van der Waals surface area contributed by atoms with Crippen molar-refractivity contribution in [3.05, 3.63) is 82.9 Å². The molecule has 32 heavy (non-hydrogen) atoms. The SMILES string of the molecule is O=C(NCc1ncn2ccc(Cl)cc12)c1cnn(Cc2cc3ncc(C4CC4)cc3[nH]2)c1. The molecule has 8 nitrogen and oxygen atoms in total. The quantitative estimate of drug-likeness (QED) is 0.414. The number of halogens is 1. The molecule has 0 aromatic carbocycles. The first-order chi connectivity index (χ1) is 15.6. The summed E-state index contributed by atoms with van der Waals surface area (Å²) in [4.78, 5) is 25.0. The van der Waals surface area contributed by atoms with Crippen molar-refractivity contribution >= 4 is 34.1 Å². The molecule has 160 valence electrons. The molecule has 0 atom stereocenters. The maximum atomic E-state index is 12.6. The number of rotatable bonds is 6. The molecule has 5 aromatic rings. The fraction of sp³-hybridized carbons (Fsp3) is 0.217. The van der Waals surface area contributed by atoms with E-state index in [1.165, 1.54) is 18.4 Å². The van der Waals surface area contributed by atoms with Gasteiger partial charge in [0.25, 0.3) is 5.91 Å². The van der Waals surface area contributed by atoms with E-state index in [9.17, 15) is 4.79 Å². The topological polar surface area (TPSA) is 92.9 Å². The molecule has 6 rings (SSSR count). The van der Waals surface area contributed by atoms with Gasteiger partial charge >= 0.3 is 0 Å². The van der Waals surface area contributed by atoms with Gasteiger partial charge in [0.05, 0.1) is 53.4 Å². The summed E-state index contributed by atoms with van der Waals surface area (Å²) < 4.78 is 3.61. The molecule has 0 unspecified atom stereocenters. The van der Waals surface area contributed by atoms with E-state index in [4.69, 9.17) is 11.6 Å². The number of H-pyrrole nitrogens is 1. The Morgan fingerprint density at radius 3 is 3.00 bits per heavy atom. The normalized spacial score (nSPS) is 13.8. The van der Waals surface area contributed by atoms with E-state index in [0.717, 1.165) is 27.9 Å². The molecule has 2 N–H and O–H groups in total. The lowest BCUT2D eigenvalue weighted by molar-refractivity contribution is 0.0950. The van der Waals surface area contributed by atoms with Crippen molar-refractivity contribution in [2.75, 3.05) is 0 Å². The maximum Gasteiger partial charge on any atom is 0.254 e. The summed E-state index contributed by atoms with van der Waals surface area (Å²) in [5.74, 6) is 0.467. The van der Waals surface area contributed by atoms with Gasteiger partial charge in [-0.1, -0.05) is 11.6 Å². The highest BCUT2D eigenvalue weighted by molar-refractivity contribution is 6.30. The van der Waals surface area contributed by atoms with Crippen LogP contribution in [0.1, 0.15) is 46.1 Å². The van der Waals surface area contributed by atoms with Gasteiger partial charge in [-0.3, -0.25) is 14.5 Å². The fourth-order valence-electron chi connectivity index (χ4n) is 3.97. The minimum absolute atomic E-state index is 0.202. The number of pyridine rings is 2. The highest BCUT2D eigenvalue weighted by Crippen LogP contribution is 2.40. The number of hydrogen-bond donors (Lipinski definition) is 2. The maximum absolute atomic E-state index is 12.6. The second kappa shape index (κ2) is 7.49. The zero-order valence-electron chi connectivity index (χ0n) is 17.1. The van der Waals surface area contributed by atoms with Gasteiger partial charge in [-0.15, -0.1) is 0 Å². The third kappa shape index (κ3) is 3.62. The highest BCUT2D eigenvalue weighted by atomic mass is 35.5. The summed E-state index contributed by atoms with van der Waals surface area (Å²) >= 11 is 6.08. The molecule has 9 heteroatoms. The summed E-state index contributed by atoms with van der Waals surface area (Å²) in [7, 11) is 0. The number of amides is 1. The summed E-state index contributed by atoms with van der Waals surface area (Å²) in [5, 5.41) is 7.88. The number of fused-ring (bicyclic) bond motifs is 2. The summed E-state index contributed by atoms with van der Waals surface area (Å²) in [6, 6.07) is 7.85. The van der Waals surface area contributed by atoms with E-state index in [2.05, 4.69) is 31.4 Å². The first-order valence-corrected chi connectivity index (χ1v) is 10.9. The lowest BCUT2D eigenvalue weighted by atomic mass is 10.2. The minimum atomic E-state index is -0.202. The predicted octanol–water partition coefficient (Wildman–Crippen LogP) is 3.92. The van der Waals surface area contributed by atoms with Crippen LogP contribution < -0.4 is 5.32 Å². The molecule has 1 aliphatic rings. The van der Waals surface area contributed by atoms with Crippen molar-refractivity contribution in [2.45, 2.75) is 31.8 Å². The zero-order chi connectivity index (χ0) is 21.7. The summed E-state index contributed by atoms with van der Waals surface area (Å²) in [5.41, 5.74) is 6.41. The Morgan fingerprint density at radius 2 is 2.12 bits per heavy atom. The molecule has 1 fully saturated rings. The highest BCUT2D eigenvalue weighted by Gasteiger charge is 2.24. The van der Waals surface area contributed by atoms with Gasteiger partial charge in [-0.05, 0) is 48.6 Å². The zero-order valence-corrected chi connectivity index (χ0v) is 17.9. The molecular weight excluding hydrogens is 426 g/mol. The molecule has 5 heterocycles. The number of aromatic amines is 1. The van der Waals surface area contributed by atoms with E-state index >= 15 is 0 Å². The van der Waals surface area contributed by atoms with Crippen molar-refractivity contribution < 1.29 is 4.79 Å². The number of nitrogens with zero attached hydrogens (tertiary/aromatic N) is 5. The lowest BCUT2D eigenvalue weighted by Gasteiger charge is -2.02. The van der Waals surface area contributed by atoms with Crippen LogP contribution in [0.25, 0.3) is 16.6 Å². The van der Waals surface area contributed by atoms with Gasteiger partial charge in [-0.25, -0.2) is 4.98 Å². The molecule has 0 radical (unpaired) electrons. The molecular formula is C23H20ClN7O. The van der Waals surface area contributed by atoms with Gasteiger partial charge in [0.2, 0.25) is 0 Å². The number of carbonyl (C=O) groups is 1. The Morgan fingerprint density at radius 1 is 1.22 bits per heavy atom. The smallest absolute Gasteiger partial charge is 0.254 e. The first-order valence-electron chi connectivity index (χ1n) is 10.5. The number of imidazole rings is 1. The number of hydrogen-bond acceptors (Lipinski definition) is 4. The van der Waals surface area contributed by atoms with Crippen molar-refractivity contribution in [1.82, 2.24) is 34.4 Å². The Balaban J connectivity index is 1.13. The molecule has 0 bridgehead atoms. The molecule has 0 aliphatic heterocycles. The molecule has 0 saturated heterocycles. The van der Waals surface area contributed by atoms with Crippen LogP contribution in [0.5, 0.6) is 0 Å². The van der Waals surface area contributed by atoms with Crippen LogP contribution in [0.3, 0.4) is 0 Å². The van der Waals surface area contributed by atoms with Crippen LogP contribution in [-0.2, 0) is 13.1 Å². The number of nitrogens with one attached hydrogen (secondary N) is 2. The van der Waals surface area contributed by atoms with Crippen LogP contribution >= 0.6 is 11.6 Å². The van der Waals surface area contributed by atoms with Gasteiger partial charge < -0.3 is 14.7 Å². The first kappa shape index (κ1) is 19.1. The Hall–Kier alpha value is -3.65. The average Bonchev–Trinajstić information content (AvgIpc) is 3.21. The van der Waals surface area contributed by atoms with Crippen molar-refractivity contribution in [3.63, 3.8) is 0 Å². The van der Waals surface area contributed by atoms with Gasteiger partial charge in [0, 0.05) is 29.3 Å². The van der Waals surface area contributed by atoms with E-state index in [-0.39, 0.29) is 5.91 Å².